The first-order chi connectivity index (χ1) is 15.9. The molecule has 1 N–H and O–H groups in total. The van der Waals surface area contributed by atoms with E-state index in [0.29, 0.717) is 23.5 Å². The molecule has 7 heteroatoms. The van der Waals surface area contributed by atoms with Crippen molar-refractivity contribution in [2.24, 2.45) is 0 Å². The van der Waals surface area contributed by atoms with Crippen molar-refractivity contribution in [1.29, 1.82) is 0 Å². The summed E-state index contributed by atoms with van der Waals surface area (Å²) in [6, 6.07) is 14.3. The Kier molecular flexibility index (Phi) is 4.67. The summed E-state index contributed by atoms with van der Waals surface area (Å²) in [6.07, 6.45) is 4.95. The van der Waals surface area contributed by atoms with Gasteiger partial charge in [0.1, 0.15) is 16.7 Å². The number of halogens is 2. The van der Waals surface area contributed by atoms with Crippen LogP contribution in [0.25, 0.3) is 27.2 Å². The molecule has 4 nitrogen and oxygen atoms in total. The lowest BCUT2D eigenvalue weighted by Crippen LogP contribution is -2.33. The molecule has 1 fully saturated rings. The second-order valence-electron chi connectivity index (χ2n) is 8.91. The Hall–Kier alpha value is -3.03. The van der Waals surface area contributed by atoms with Crippen molar-refractivity contribution in [3.8, 4) is 0 Å². The highest BCUT2D eigenvalue weighted by atomic mass is 32.2. The number of fused-ring (bicyclic) bond motifs is 3. The van der Waals surface area contributed by atoms with Crippen LogP contribution in [0, 0.1) is 11.6 Å². The van der Waals surface area contributed by atoms with E-state index in [-0.39, 0.29) is 20.7 Å². The van der Waals surface area contributed by atoms with Crippen molar-refractivity contribution in [1.82, 2.24) is 9.88 Å². The minimum atomic E-state index is -3.97. The maximum absolute atomic E-state index is 14.7. The topological polar surface area (TPSA) is 53.2 Å². The molecule has 2 aliphatic rings. The smallest absolute Gasteiger partial charge is 0.222 e. The van der Waals surface area contributed by atoms with Gasteiger partial charge in [-0.2, -0.15) is 0 Å². The van der Waals surface area contributed by atoms with Gasteiger partial charge in [-0.25, -0.2) is 17.2 Å². The number of nitrogens with zero attached hydrogens (tertiary/aromatic N) is 1. The Labute approximate surface area is 190 Å². The van der Waals surface area contributed by atoms with E-state index in [4.69, 9.17) is 0 Å². The number of nitrogens with one attached hydrogen (secondary N) is 1. The Bertz CT molecular complexity index is 1520. The second kappa shape index (κ2) is 7.50. The molecule has 0 amide bonds. The first-order valence-electron chi connectivity index (χ1n) is 11.1. The van der Waals surface area contributed by atoms with Crippen molar-refractivity contribution in [3.05, 3.63) is 77.9 Å². The van der Waals surface area contributed by atoms with Crippen molar-refractivity contribution in [3.63, 3.8) is 0 Å². The van der Waals surface area contributed by atoms with E-state index in [9.17, 15) is 17.2 Å². The number of aromatic nitrogens is 1. The fourth-order valence-corrected chi connectivity index (χ4v) is 6.77. The quantitative estimate of drug-likeness (QED) is 0.424. The molecular weight excluding hydrogens is 442 g/mol. The lowest BCUT2D eigenvalue weighted by Gasteiger charge is -2.30. The Morgan fingerprint density at radius 3 is 2.70 bits per heavy atom. The van der Waals surface area contributed by atoms with E-state index in [1.807, 2.05) is 24.3 Å². The van der Waals surface area contributed by atoms with Crippen molar-refractivity contribution >= 4 is 37.1 Å². The van der Waals surface area contributed by atoms with Gasteiger partial charge in [0.25, 0.3) is 0 Å². The van der Waals surface area contributed by atoms with Gasteiger partial charge in [0.05, 0.1) is 4.90 Å². The number of aromatic amines is 1. The number of sulfone groups is 1. The molecule has 168 valence electrons. The molecule has 33 heavy (non-hydrogen) atoms. The zero-order valence-electron chi connectivity index (χ0n) is 17.8. The largest absolute Gasteiger partial charge is 0.345 e. The molecule has 3 heterocycles. The van der Waals surface area contributed by atoms with E-state index in [1.165, 1.54) is 12.1 Å². The van der Waals surface area contributed by atoms with Crippen LogP contribution in [0.2, 0.25) is 0 Å². The number of benzene rings is 3. The third-order valence-corrected chi connectivity index (χ3v) is 8.64. The van der Waals surface area contributed by atoms with Gasteiger partial charge in [-0.3, -0.25) is 4.90 Å². The van der Waals surface area contributed by atoms with Crippen LogP contribution in [-0.2, 0) is 9.84 Å². The highest BCUT2D eigenvalue weighted by Gasteiger charge is 2.32. The first kappa shape index (κ1) is 20.6. The number of para-hydroxylation sites is 1. The maximum Gasteiger partial charge on any atom is 0.222 e. The van der Waals surface area contributed by atoms with Gasteiger partial charge >= 0.3 is 0 Å². The molecule has 3 aromatic carbocycles. The van der Waals surface area contributed by atoms with Crippen molar-refractivity contribution in [2.45, 2.75) is 35.2 Å². The van der Waals surface area contributed by atoms with Gasteiger partial charge in [-0.15, -0.1) is 0 Å². The average molecular weight is 465 g/mol. The maximum atomic E-state index is 14.7. The Balaban J connectivity index is 1.58. The molecule has 2 aliphatic heterocycles. The van der Waals surface area contributed by atoms with E-state index in [1.54, 1.807) is 12.1 Å². The third-order valence-electron chi connectivity index (χ3n) is 6.92. The summed E-state index contributed by atoms with van der Waals surface area (Å²) < 4.78 is 56.4. The molecular formula is C26H22F2N2O2S. The fourth-order valence-electron chi connectivity index (χ4n) is 5.25. The predicted octanol–water partition coefficient (Wildman–Crippen LogP) is 5.68. The number of hydrogen-bond donors (Lipinski definition) is 1. The summed E-state index contributed by atoms with van der Waals surface area (Å²) in [5.41, 5.74) is 2.12. The first-order valence-corrected chi connectivity index (χ1v) is 12.6. The van der Waals surface area contributed by atoms with E-state index >= 15 is 0 Å². The SMILES string of the molecule is O=S(=O)(c1cc2ccccc2[nH]1)c1cc2cc(F)cc(F)c2cc1C1=CCN2CCC[C@@H]2C1. The van der Waals surface area contributed by atoms with E-state index in [0.717, 1.165) is 43.0 Å². The van der Waals surface area contributed by atoms with Gasteiger partial charge in [0, 0.05) is 34.9 Å². The summed E-state index contributed by atoms with van der Waals surface area (Å²) in [6.45, 7) is 1.79. The van der Waals surface area contributed by atoms with Crippen LogP contribution in [0.3, 0.4) is 0 Å². The Morgan fingerprint density at radius 1 is 1.00 bits per heavy atom. The van der Waals surface area contributed by atoms with Gasteiger partial charge in [0.15, 0.2) is 0 Å². The van der Waals surface area contributed by atoms with Crippen LogP contribution in [0.4, 0.5) is 8.78 Å². The van der Waals surface area contributed by atoms with Crippen LogP contribution >= 0.6 is 0 Å². The lowest BCUT2D eigenvalue weighted by molar-refractivity contribution is 0.275. The van der Waals surface area contributed by atoms with E-state index in [2.05, 4.69) is 16.0 Å². The molecule has 0 unspecified atom stereocenters. The molecule has 0 saturated carbocycles. The van der Waals surface area contributed by atoms with Crippen LogP contribution in [-0.4, -0.2) is 37.4 Å². The van der Waals surface area contributed by atoms with Crippen molar-refractivity contribution in [2.75, 3.05) is 13.1 Å². The van der Waals surface area contributed by atoms with Crippen molar-refractivity contribution < 1.29 is 17.2 Å². The van der Waals surface area contributed by atoms with Crippen LogP contribution in [0.1, 0.15) is 24.8 Å². The molecule has 0 bridgehead atoms. The van der Waals surface area contributed by atoms with E-state index < -0.39 is 21.5 Å². The highest BCUT2D eigenvalue weighted by Crippen LogP contribution is 2.39. The molecule has 1 aromatic heterocycles. The number of H-pyrrole nitrogens is 1. The lowest BCUT2D eigenvalue weighted by atomic mass is 9.92. The highest BCUT2D eigenvalue weighted by molar-refractivity contribution is 7.91. The van der Waals surface area contributed by atoms with Gasteiger partial charge in [-0.1, -0.05) is 24.3 Å². The van der Waals surface area contributed by atoms with Crippen LogP contribution in [0.5, 0.6) is 0 Å². The van der Waals surface area contributed by atoms with Gasteiger partial charge in [0.2, 0.25) is 9.84 Å². The standard InChI is InChI=1S/C26H22F2N2O2S/c27-19-10-18-12-25(33(31,32)26-13-17-4-1-2-6-24(17)29-26)22(15-21(18)23(28)14-19)16-7-9-30-8-3-5-20(30)11-16/h1-2,4,6-7,10,12-15,20,29H,3,5,8-9,11H2/t20-/m1/s1. The minimum absolute atomic E-state index is 0.0695. The fraction of sp³-hybridized carbons (Fsp3) is 0.231. The van der Waals surface area contributed by atoms with Crippen LogP contribution < -0.4 is 0 Å². The summed E-state index contributed by atoms with van der Waals surface area (Å²) >= 11 is 0. The monoisotopic (exact) mass is 464 g/mol. The average Bonchev–Trinajstić information content (AvgIpc) is 3.45. The minimum Gasteiger partial charge on any atom is -0.345 e. The molecule has 1 atom stereocenters. The van der Waals surface area contributed by atoms with Gasteiger partial charge < -0.3 is 4.98 Å². The summed E-state index contributed by atoms with van der Waals surface area (Å²) in [4.78, 5) is 5.48. The summed E-state index contributed by atoms with van der Waals surface area (Å²) in [7, 11) is -3.97. The third kappa shape index (κ3) is 3.38. The zero-order valence-corrected chi connectivity index (χ0v) is 18.6. The zero-order chi connectivity index (χ0) is 22.7. The predicted molar refractivity (Wildman–Crippen MR) is 125 cm³/mol. The van der Waals surface area contributed by atoms with Gasteiger partial charge in [-0.05, 0) is 72.7 Å². The number of hydrogen-bond acceptors (Lipinski definition) is 3. The molecule has 0 spiro atoms. The molecule has 0 aliphatic carbocycles. The summed E-state index contributed by atoms with van der Waals surface area (Å²) in [5.74, 6) is -1.43. The van der Waals surface area contributed by atoms with Crippen LogP contribution in [0.15, 0.2) is 70.6 Å². The Morgan fingerprint density at radius 2 is 1.85 bits per heavy atom. The summed E-state index contributed by atoms with van der Waals surface area (Å²) in [5, 5.41) is 1.30. The number of rotatable bonds is 3. The second-order valence-corrected chi connectivity index (χ2v) is 10.8. The normalized spacial score (nSPS) is 19.2. The molecule has 6 rings (SSSR count). The molecule has 1 saturated heterocycles. The molecule has 0 radical (unpaired) electrons. The molecule has 4 aromatic rings.